The van der Waals surface area contributed by atoms with Gasteiger partial charge < -0.3 is 20.0 Å². The van der Waals surface area contributed by atoms with E-state index in [9.17, 15) is 19.1 Å². The first-order chi connectivity index (χ1) is 11.3. The number of rotatable bonds is 6. The molecule has 1 saturated heterocycles. The molecule has 24 heavy (non-hydrogen) atoms. The molecule has 8 heteroatoms. The second-order valence-corrected chi connectivity index (χ2v) is 6.23. The van der Waals surface area contributed by atoms with Crippen molar-refractivity contribution in [3.8, 4) is 0 Å². The van der Waals surface area contributed by atoms with E-state index in [1.165, 1.54) is 11.0 Å². The summed E-state index contributed by atoms with van der Waals surface area (Å²) in [4.78, 5) is 29.7. The number of anilines is 1. The van der Waals surface area contributed by atoms with E-state index in [4.69, 9.17) is 5.11 Å². The molecule has 2 N–H and O–H groups in total. The quantitative estimate of drug-likeness (QED) is 0.799. The lowest BCUT2D eigenvalue weighted by atomic mass is 9.92. The number of hydrogen-bond donors (Lipinski definition) is 2. The van der Waals surface area contributed by atoms with E-state index in [2.05, 4.69) is 4.98 Å². The number of β-amino-alcohol motifs (C(OH)–C–C–N with tert-alkyl or cyclic N) is 1. The maximum atomic E-state index is 13.0. The molecule has 132 valence electrons. The van der Waals surface area contributed by atoms with Crippen molar-refractivity contribution >= 4 is 17.7 Å². The third kappa shape index (κ3) is 4.89. The predicted molar refractivity (Wildman–Crippen MR) is 85.1 cm³/mol. The lowest BCUT2D eigenvalue weighted by molar-refractivity contribution is -0.141. The number of likely N-dealkylation sites (N-methyl/N-ethyl adjacent to an activating group) is 1. The molecular weight excluding hydrogens is 317 g/mol. The van der Waals surface area contributed by atoms with Gasteiger partial charge in [-0.15, -0.1) is 0 Å². The SMILES string of the molecule is CN(C[C@@]1(O)CCCN(c2ccc(F)cn2)C1)C(=O)CCC(=O)O. The molecule has 0 saturated carbocycles. The van der Waals surface area contributed by atoms with Crippen molar-refractivity contribution < 1.29 is 24.2 Å². The Labute approximate surface area is 139 Å². The Hall–Kier alpha value is -2.22. The van der Waals surface area contributed by atoms with Crippen molar-refractivity contribution in [1.82, 2.24) is 9.88 Å². The van der Waals surface area contributed by atoms with E-state index in [0.29, 0.717) is 25.2 Å². The summed E-state index contributed by atoms with van der Waals surface area (Å²) < 4.78 is 13.0. The number of carbonyl (C=O) groups is 2. The first-order valence-corrected chi connectivity index (χ1v) is 7.84. The zero-order valence-corrected chi connectivity index (χ0v) is 13.6. The highest BCUT2D eigenvalue weighted by Gasteiger charge is 2.35. The van der Waals surface area contributed by atoms with Crippen LogP contribution in [0.1, 0.15) is 25.7 Å². The molecular formula is C16H22FN3O4. The largest absolute Gasteiger partial charge is 0.481 e. The molecule has 1 amide bonds. The number of nitrogens with zero attached hydrogens (tertiary/aromatic N) is 3. The minimum Gasteiger partial charge on any atom is -0.481 e. The van der Waals surface area contributed by atoms with Gasteiger partial charge in [-0.05, 0) is 25.0 Å². The van der Waals surface area contributed by atoms with Gasteiger partial charge in [0.05, 0.1) is 24.8 Å². The van der Waals surface area contributed by atoms with Crippen LogP contribution in [0, 0.1) is 5.82 Å². The third-order valence-corrected chi connectivity index (χ3v) is 4.10. The molecule has 2 heterocycles. The van der Waals surface area contributed by atoms with Gasteiger partial charge in [0.25, 0.3) is 0 Å². The fourth-order valence-electron chi connectivity index (χ4n) is 2.93. The number of aliphatic hydroxyl groups is 1. The van der Waals surface area contributed by atoms with E-state index >= 15 is 0 Å². The first-order valence-electron chi connectivity index (χ1n) is 7.84. The molecule has 2 rings (SSSR count). The summed E-state index contributed by atoms with van der Waals surface area (Å²) in [5.74, 6) is -1.19. The van der Waals surface area contributed by atoms with Gasteiger partial charge in [0.1, 0.15) is 11.6 Å². The fraction of sp³-hybridized carbons (Fsp3) is 0.562. The van der Waals surface area contributed by atoms with Crippen LogP contribution in [0.3, 0.4) is 0 Å². The third-order valence-electron chi connectivity index (χ3n) is 4.10. The highest BCUT2D eigenvalue weighted by Crippen LogP contribution is 2.25. The minimum atomic E-state index is -1.11. The number of aliphatic carboxylic acids is 1. The van der Waals surface area contributed by atoms with E-state index in [0.717, 1.165) is 6.20 Å². The molecule has 0 spiro atoms. The zero-order valence-electron chi connectivity index (χ0n) is 13.6. The van der Waals surface area contributed by atoms with E-state index < -0.39 is 17.4 Å². The molecule has 1 fully saturated rings. The summed E-state index contributed by atoms with van der Waals surface area (Å²) in [5.41, 5.74) is -1.11. The van der Waals surface area contributed by atoms with Crippen LogP contribution in [0.4, 0.5) is 10.2 Å². The number of carbonyl (C=O) groups excluding carboxylic acids is 1. The summed E-state index contributed by atoms with van der Waals surface area (Å²) >= 11 is 0. The predicted octanol–water partition coefficient (Wildman–Crippen LogP) is 0.875. The lowest BCUT2D eigenvalue weighted by Gasteiger charge is -2.41. The van der Waals surface area contributed by atoms with Gasteiger partial charge in [-0.25, -0.2) is 9.37 Å². The molecule has 0 unspecified atom stereocenters. The molecule has 1 aliphatic heterocycles. The fourth-order valence-corrected chi connectivity index (χ4v) is 2.93. The Balaban J connectivity index is 1.97. The van der Waals surface area contributed by atoms with Gasteiger partial charge in [-0.3, -0.25) is 9.59 Å². The summed E-state index contributed by atoms with van der Waals surface area (Å²) in [6.45, 7) is 1.09. The highest BCUT2D eigenvalue weighted by atomic mass is 19.1. The zero-order chi connectivity index (χ0) is 17.7. The van der Waals surface area contributed by atoms with E-state index in [1.807, 2.05) is 4.90 Å². The number of carboxylic acids is 1. The first kappa shape index (κ1) is 18.1. The number of halogens is 1. The molecule has 0 aliphatic carbocycles. The highest BCUT2D eigenvalue weighted by molar-refractivity contribution is 5.80. The monoisotopic (exact) mass is 339 g/mol. The number of pyridine rings is 1. The normalized spacial score (nSPS) is 20.7. The van der Waals surface area contributed by atoms with Crippen LogP contribution in [-0.4, -0.2) is 64.3 Å². The van der Waals surface area contributed by atoms with Gasteiger partial charge in [0.2, 0.25) is 5.91 Å². The standard InChI is InChI=1S/C16H22FN3O4/c1-19(14(21)5-6-15(22)23)10-16(24)7-2-8-20(11-16)13-4-3-12(17)9-18-13/h3-4,9,24H,2,5-8,10-11H2,1H3,(H,22,23)/t16-/m0/s1. The second-order valence-electron chi connectivity index (χ2n) is 6.23. The van der Waals surface area contributed by atoms with Crippen molar-refractivity contribution in [1.29, 1.82) is 0 Å². The maximum Gasteiger partial charge on any atom is 0.303 e. The molecule has 7 nitrogen and oxygen atoms in total. The average Bonchev–Trinajstić information content (AvgIpc) is 2.52. The van der Waals surface area contributed by atoms with Crippen LogP contribution >= 0.6 is 0 Å². The number of piperidine rings is 1. The summed E-state index contributed by atoms with van der Waals surface area (Å²) in [6, 6.07) is 2.88. The van der Waals surface area contributed by atoms with Crippen LogP contribution in [0.5, 0.6) is 0 Å². The summed E-state index contributed by atoms with van der Waals surface area (Å²) in [7, 11) is 1.55. The number of carboxylic acid groups (broad SMARTS) is 1. The summed E-state index contributed by atoms with van der Waals surface area (Å²) in [5, 5.41) is 19.4. The smallest absolute Gasteiger partial charge is 0.303 e. The van der Waals surface area contributed by atoms with Crippen LogP contribution in [0.25, 0.3) is 0 Å². The van der Waals surface area contributed by atoms with Crippen molar-refractivity contribution in [2.24, 2.45) is 0 Å². The molecule has 1 atom stereocenters. The lowest BCUT2D eigenvalue weighted by Crippen LogP contribution is -2.54. The van der Waals surface area contributed by atoms with Gasteiger partial charge in [0, 0.05) is 26.6 Å². The second kappa shape index (κ2) is 7.57. The van der Waals surface area contributed by atoms with Gasteiger partial charge >= 0.3 is 5.97 Å². The molecule has 0 radical (unpaired) electrons. The van der Waals surface area contributed by atoms with Crippen LogP contribution in [0.15, 0.2) is 18.3 Å². The van der Waals surface area contributed by atoms with E-state index in [1.54, 1.807) is 13.1 Å². The minimum absolute atomic E-state index is 0.0921. The van der Waals surface area contributed by atoms with Gasteiger partial charge in [-0.1, -0.05) is 0 Å². The Bertz CT molecular complexity index is 595. The molecule has 0 aromatic carbocycles. The van der Waals surface area contributed by atoms with Crippen LogP contribution in [-0.2, 0) is 9.59 Å². The maximum absolute atomic E-state index is 13.0. The topological polar surface area (TPSA) is 94.0 Å². The van der Waals surface area contributed by atoms with Gasteiger partial charge in [-0.2, -0.15) is 0 Å². The van der Waals surface area contributed by atoms with Gasteiger partial charge in [0.15, 0.2) is 0 Å². The van der Waals surface area contributed by atoms with Crippen molar-refractivity contribution in [2.75, 3.05) is 31.6 Å². The molecule has 0 bridgehead atoms. The number of amides is 1. The average molecular weight is 339 g/mol. The van der Waals surface area contributed by atoms with Crippen molar-refractivity contribution in [3.05, 3.63) is 24.1 Å². The Kier molecular flexibility index (Phi) is 5.71. The Morgan fingerprint density at radius 3 is 2.79 bits per heavy atom. The number of aromatic nitrogens is 1. The Morgan fingerprint density at radius 2 is 2.17 bits per heavy atom. The summed E-state index contributed by atoms with van der Waals surface area (Å²) in [6.07, 6.45) is 2.05. The van der Waals surface area contributed by atoms with E-state index in [-0.39, 0.29) is 31.8 Å². The van der Waals surface area contributed by atoms with Crippen molar-refractivity contribution in [3.63, 3.8) is 0 Å². The van der Waals surface area contributed by atoms with Crippen LogP contribution < -0.4 is 4.90 Å². The van der Waals surface area contributed by atoms with Crippen molar-refractivity contribution in [2.45, 2.75) is 31.3 Å². The molecule has 1 aromatic heterocycles. The molecule has 1 aromatic rings. The molecule has 1 aliphatic rings. The van der Waals surface area contributed by atoms with Crippen LogP contribution in [0.2, 0.25) is 0 Å². The number of hydrogen-bond acceptors (Lipinski definition) is 5. The Morgan fingerprint density at radius 1 is 1.42 bits per heavy atom.